The summed E-state index contributed by atoms with van der Waals surface area (Å²) in [5.74, 6) is -1.01. The molecule has 0 bridgehead atoms. The van der Waals surface area contributed by atoms with E-state index < -0.39 is 5.82 Å². The quantitative estimate of drug-likeness (QED) is 0.889. The lowest BCUT2D eigenvalue weighted by molar-refractivity contribution is -0.121. The van der Waals surface area contributed by atoms with Crippen molar-refractivity contribution in [2.45, 2.75) is 19.9 Å². The fraction of sp³-hybridized carbons (Fsp3) is 0.235. The lowest BCUT2D eigenvalue weighted by atomic mass is 10.2. The summed E-state index contributed by atoms with van der Waals surface area (Å²) in [5, 5.41) is 2.75. The maximum absolute atomic E-state index is 13.8. The van der Waals surface area contributed by atoms with Crippen molar-refractivity contribution in [1.29, 1.82) is 0 Å². The molecule has 1 N–H and O–H groups in total. The van der Waals surface area contributed by atoms with Gasteiger partial charge in [0.15, 0.2) is 0 Å². The van der Waals surface area contributed by atoms with Crippen LogP contribution in [0.5, 0.6) is 0 Å². The lowest BCUT2D eigenvalue weighted by Gasteiger charge is -2.21. The number of amides is 2. The van der Waals surface area contributed by atoms with E-state index in [0.29, 0.717) is 6.54 Å². The van der Waals surface area contributed by atoms with Crippen LogP contribution in [0.15, 0.2) is 48.8 Å². The second-order valence-electron chi connectivity index (χ2n) is 5.01. The molecule has 0 saturated heterocycles. The van der Waals surface area contributed by atoms with Crippen LogP contribution in [-0.2, 0) is 16.1 Å². The summed E-state index contributed by atoms with van der Waals surface area (Å²) in [5.41, 5.74) is 1.07. The van der Waals surface area contributed by atoms with Gasteiger partial charge >= 0.3 is 0 Å². The van der Waals surface area contributed by atoms with Crippen molar-refractivity contribution < 1.29 is 14.0 Å². The van der Waals surface area contributed by atoms with Crippen LogP contribution in [0.3, 0.4) is 0 Å². The van der Waals surface area contributed by atoms with Crippen molar-refractivity contribution in [3.63, 3.8) is 0 Å². The third-order valence-corrected chi connectivity index (χ3v) is 3.30. The predicted molar refractivity (Wildman–Crippen MR) is 85.1 cm³/mol. The van der Waals surface area contributed by atoms with Crippen LogP contribution >= 0.6 is 0 Å². The Balaban J connectivity index is 1.90. The highest BCUT2D eigenvalue weighted by molar-refractivity contribution is 5.92. The molecule has 120 valence electrons. The van der Waals surface area contributed by atoms with Gasteiger partial charge in [-0.2, -0.15) is 0 Å². The highest BCUT2D eigenvalue weighted by atomic mass is 19.1. The Kier molecular flexibility index (Phi) is 5.80. The second kappa shape index (κ2) is 8.03. The molecule has 0 aliphatic heterocycles. The zero-order valence-corrected chi connectivity index (χ0v) is 12.8. The lowest BCUT2D eigenvalue weighted by Crippen LogP contribution is -2.34. The van der Waals surface area contributed by atoms with Crippen LogP contribution in [0, 0.1) is 5.82 Å². The van der Waals surface area contributed by atoms with Crippen molar-refractivity contribution in [2.75, 3.05) is 11.4 Å². The Morgan fingerprint density at radius 2 is 2.00 bits per heavy atom. The molecule has 1 heterocycles. The molecule has 2 aromatic rings. The largest absolute Gasteiger partial charge is 0.352 e. The number of nitrogens with zero attached hydrogens (tertiary/aromatic N) is 2. The van der Waals surface area contributed by atoms with Gasteiger partial charge in [-0.3, -0.25) is 14.6 Å². The van der Waals surface area contributed by atoms with Gasteiger partial charge in [0.05, 0.1) is 5.69 Å². The molecule has 5 nitrogen and oxygen atoms in total. The number of anilines is 1. The van der Waals surface area contributed by atoms with Crippen molar-refractivity contribution in [3.8, 4) is 0 Å². The van der Waals surface area contributed by atoms with Gasteiger partial charge in [0.1, 0.15) is 5.82 Å². The van der Waals surface area contributed by atoms with Crippen LogP contribution < -0.4 is 10.2 Å². The second-order valence-corrected chi connectivity index (χ2v) is 5.01. The first-order valence-corrected chi connectivity index (χ1v) is 7.26. The number of pyridine rings is 1. The molecule has 2 rings (SSSR count). The summed E-state index contributed by atoms with van der Waals surface area (Å²) in [6.45, 7) is 1.83. The Morgan fingerprint density at radius 3 is 2.65 bits per heavy atom. The van der Waals surface area contributed by atoms with E-state index in [0.717, 1.165) is 5.56 Å². The van der Waals surface area contributed by atoms with Gasteiger partial charge < -0.3 is 10.2 Å². The van der Waals surface area contributed by atoms with Crippen molar-refractivity contribution in [3.05, 3.63) is 60.2 Å². The minimum atomic E-state index is -0.488. The highest BCUT2D eigenvalue weighted by Crippen LogP contribution is 2.19. The van der Waals surface area contributed by atoms with Gasteiger partial charge in [-0.25, -0.2) is 4.39 Å². The number of benzene rings is 1. The minimum Gasteiger partial charge on any atom is -0.352 e. The standard InChI is InChI=1S/C17H18FN3O2/c1-13(22)21(16-7-3-2-6-15(16)18)10-8-17(23)20-12-14-5-4-9-19-11-14/h2-7,9,11H,8,10,12H2,1H3,(H,20,23). The van der Waals surface area contributed by atoms with E-state index in [1.807, 2.05) is 6.07 Å². The van der Waals surface area contributed by atoms with Crippen molar-refractivity contribution in [2.24, 2.45) is 0 Å². The average molecular weight is 315 g/mol. The molecular weight excluding hydrogens is 297 g/mol. The molecular formula is C17H18FN3O2. The Hall–Kier alpha value is -2.76. The topological polar surface area (TPSA) is 62.3 Å². The van der Waals surface area contributed by atoms with Gasteiger partial charge in [-0.15, -0.1) is 0 Å². The van der Waals surface area contributed by atoms with Crippen LogP contribution in [0.2, 0.25) is 0 Å². The maximum Gasteiger partial charge on any atom is 0.223 e. The Morgan fingerprint density at radius 1 is 1.22 bits per heavy atom. The van der Waals surface area contributed by atoms with E-state index in [9.17, 15) is 14.0 Å². The molecule has 0 aliphatic rings. The first-order chi connectivity index (χ1) is 11.1. The first-order valence-electron chi connectivity index (χ1n) is 7.26. The fourth-order valence-electron chi connectivity index (χ4n) is 2.12. The summed E-state index contributed by atoms with van der Waals surface area (Å²) in [6.07, 6.45) is 3.42. The molecule has 0 unspecified atom stereocenters. The summed E-state index contributed by atoms with van der Waals surface area (Å²) in [7, 11) is 0. The molecule has 0 spiro atoms. The third kappa shape index (κ3) is 4.88. The number of carbonyl (C=O) groups is 2. The smallest absolute Gasteiger partial charge is 0.223 e. The van der Waals surface area contributed by atoms with Gasteiger partial charge in [0.2, 0.25) is 11.8 Å². The van der Waals surface area contributed by atoms with E-state index in [2.05, 4.69) is 10.3 Å². The number of hydrogen-bond donors (Lipinski definition) is 1. The number of halogens is 1. The molecule has 0 fully saturated rings. The molecule has 1 aromatic carbocycles. The molecule has 6 heteroatoms. The SMILES string of the molecule is CC(=O)N(CCC(=O)NCc1cccnc1)c1ccccc1F. The number of nitrogens with one attached hydrogen (secondary N) is 1. The zero-order valence-electron chi connectivity index (χ0n) is 12.8. The van der Waals surface area contributed by atoms with E-state index >= 15 is 0 Å². The summed E-state index contributed by atoms with van der Waals surface area (Å²) in [6, 6.07) is 9.65. The van der Waals surface area contributed by atoms with Crippen LogP contribution in [-0.4, -0.2) is 23.3 Å². The number of carbonyl (C=O) groups excluding carboxylic acids is 2. The van der Waals surface area contributed by atoms with Gasteiger partial charge in [-0.05, 0) is 23.8 Å². The molecule has 0 saturated carbocycles. The van der Waals surface area contributed by atoms with Crippen molar-refractivity contribution in [1.82, 2.24) is 10.3 Å². The van der Waals surface area contributed by atoms with Gasteiger partial charge in [-0.1, -0.05) is 18.2 Å². The third-order valence-electron chi connectivity index (χ3n) is 3.30. The summed E-state index contributed by atoms with van der Waals surface area (Å²) < 4.78 is 13.8. The van der Waals surface area contributed by atoms with Crippen LogP contribution in [0.4, 0.5) is 10.1 Å². The number of hydrogen-bond acceptors (Lipinski definition) is 3. The molecule has 2 amide bonds. The molecule has 23 heavy (non-hydrogen) atoms. The average Bonchev–Trinajstić information content (AvgIpc) is 2.55. The van der Waals surface area contributed by atoms with Gasteiger partial charge in [0, 0.05) is 38.8 Å². The summed E-state index contributed by atoms with van der Waals surface area (Å²) >= 11 is 0. The predicted octanol–water partition coefficient (Wildman–Crippen LogP) is 2.28. The Labute approximate surface area is 134 Å². The minimum absolute atomic E-state index is 0.0914. The molecule has 0 atom stereocenters. The molecule has 0 aliphatic carbocycles. The van der Waals surface area contributed by atoms with Crippen molar-refractivity contribution >= 4 is 17.5 Å². The summed E-state index contributed by atoms with van der Waals surface area (Å²) in [4.78, 5) is 28.8. The van der Waals surface area contributed by atoms with E-state index in [4.69, 9.17) is 0 Å². The Bertz CT molecular complexity index is 677. The number of rotatable bonds is 6. The normalized spacial score (nSPS) is 10.2. The van der Waals surface area contributed by atoms with E-state index in [1.165, 1.54) is 24.0 Å². The monoisotopic (exact) mass is 315 g/mol. The van der Waals surface area contributed by atoms with Gasteiger partial charge in [0.25, 0.3) is 0 Å². The maximum atomic E-state index is 13.8. The van der Waals surface area contributed by atoms with Crippen LogP contribution in [0.1, 0.15) is 18.9 Å². The first kappa shape index (κ1) is 16.6. The fourth-order valence-corrected chi connectivity index (χ4v) is 2.12. The molecule has 0 radical (unpaired) electrons. The van der Waals surface area contributed by atoms with E-state index in [1.54, 1.807) is 30.6 Å². The van der Waals surface area contributed by atoms with Crippen LogP contribution in [0.25, 0.3) is 0 Å². The molecule has 1 aromatic heterocycles. The highest BCUT2D eigenvalue weighted by Gasteiger charge is 2.16. The number of para-hydroxylation sites is 1. The van der Waals surface area contributed by atoms with E-state index in [-0.39, 0.29) is 30.5 Å². The zero-order chi connectivity index (χ0) is 16.7. The number of aromatic nitrogens is 1.